The molecule has 0 aromatic carbocycles. The van der Waals surface area contributed by atoms with Gasteiger partial charge in [-0.3, -0.25) is 4.79 Å². The van der Waals surface area contributed by atoms with Gasteiger partial charge in [0.1, 0.15) is 11.9 Å². The highest BCUT2D eigenvalue weighted by Crippen LogP contribution is 2.18. The minimum atomic E-state index is -0.899. The number of carbonyl (C=O) groups excluding carboxylic acids is 1. The summed E-state index contributed by atoms with van der Waals surface area (Å²) < 4.78 is 10.2. The summed E-state index contributed by atoms with van der Waals surface area (Å²) in [6.45, 7) is 3.21. The maximum Gasteiger partial charge on any atom is 0.223 e. The predicted octanol–water partition coefficient (Wildman–Crippen LogP) is 0.477. The van der Waals surface area contributed by atoms with Crippen molar-refractivity contribution in [3.63, 3.8) is 0 Å². The van der Waals surface area contributed by atoms with E-state index in [1.54, 1.807) is 11.0 Å². The summed E-state index contributed by atoms with van der Waals surface area (Å²) in [4.78, 5) is 13.9. The smallest absolute Gasteiger partial charge is 0.223 e. The number of carbonyl (C=O) groups is 1. The normalized spacial score (nSPS) is 25.2. The van der Waals surface area contributed by atoms with Crippen molar-refractivity contribution < 1.29 is 24.3 Å². The number of aromatic nitrogens is 1. The Hall–Kier alpha value is -1.15. The molecule has 1 fully saturated rings. The van der Waals surface area contributed by atoms with Gasteiger partial charge in [-0.05, 0) is 6.92 Å². The average molecular weight is 333 g/mol. The molecular weight excluding hydrogens is 312 g/mol. The summed E-state index contributed by atoms with van der Waals surface area (Å²) in [6, 6.07) is 1.58. The summed E-state index contributed by atoms with van der Waals surface area (Å²) in [5.41, 5.74) is 0. The van der Waals surface area contributed by atoms with Crippen LogP contribution in [0.15, 0.2) is 10.6 Å². The Kier molecular flexibility index (Phi) is 6.19. The van der Waals surface area contributed by atoms with Crippen molar-refractivity contribution in [2.75, 3.05) is 26.3 Å². The summed E-state index contributed by atoms with van der Waals surface area (Å²) >= 11 is 5.66. The third-order valence-electron chi connectivity index (χ3n) is 3.80. The minimum absolute atomic E-state index is 0.0534. The fourth-order valence-corrected chi connectivity index (χ4v) is 2.65. The van der Waals surface area contributed by atoms with Gasteiger partial charge in [-0.1, -0.05) is 16.8 Å². The van der Waals surface area contributed by atoms with Crippen LogP contribution in [0.3, 0.4) is 0 Å². The van der Waals surface area contributed by atoms with Crippen molar-refractivity contribution in [1.82, 2.24) is 10.1 Å². The molecule has 2 rings (SSSR count). The van der Waals surface area contributed by atoms with Crippen LogP contribution in [0.2, 0.25) is 5.15 Å². The van der Waals surface area contributed by atoms with Crippen LogP contribution in [0.4, 0.5) is 0 Å². The fraction of sp³-hybridized carbons (Fsp3) is 0.714. The molecule has 1 aliphatic heterocycles. The Morgan fingerprint density at radius 1 is 1.50 bits per heavy atom. The molecule has 2 N–H and O–H groups in total. The SMILES string of the molecule is CCN(C[C@@H]1COC[C@@H](O)[C@H]1O)C(=O)CCc1cc(Cl)no1. The van der Waals surface area contributed by atoms with Gasteiger partial charge in [-0.25, -0.2) is 0 Å². The van der Waals surface area contributed by atoms with E-state index in [2.05, 4.69) is 5.16 Å². The van der Waals surface area contributed by atoms with E-state index in [-0.39, 0.29) is 30.0 Å². The van der Waals surface area contributed by atoms with Gasteiger partial charge in [-0.15, -0.1) is 0 Å². The van der Waals surface area contributed by atoms with Crippen LogP contribution < -0.4 is 0 Å². The van der Waals surface area contributed by atoms with Crippen LogP contribution in [0.25, 0.3) is 0 Å². The van der Waals surface area contributed by atoms with Gasteiger partial charge in [0.2, 0.25) is 5.91 Å². The Balaban J connectivity index is 1.85. The molecule has 0 unspecified atom stereocenters. The van der Waals surface area contributed by atoms with E-state index in [0.717, 1.165) is 0 Å². The Morgan fingerprint density at radius 2 is 2.27 bits per heavy atom. The first-order chi connectivity index (χ1) is 10.5. The zero-order chi connectivity index (χ0) is 16.1. The lowest BCUT2D eigenvalue weighted by Gasteiger charge is -2.35. The van der Waals surface area contributed by atoms with Crippen LogP contribution in [-0.2, 0) is 16.0 Å². The largest absolute Gasteiger partial charge is 0.390 e. The van der Waals surface area contributed by atoms with E-state index in [4.69, 9.17) is 20.9 Å². The van der Waals surface area contributed by atoms with E-state index in [1.807, 2.05) is 6.92 Å². The molecule has 1 aromatic heterocycles. The van der Waals surface area contributed by atoms with E-state index in [0.29, 0.717) is 31.9 Å². The van der Waals surface area contributed by atoms with Crippen LogP contribution in [0, 0.1) is 5.92 Å². The van der Waals surface area contributed by atoms with Crippen molar-refractivity contribution in [3.8, 4) is 0 Å². The number of aryl methyl sites for hydroxylation is 1. The van der Waals surface area contributed by atoms with E-state index in [9.17, 15) is 15.0 Å². The van der Waals surface area contributed by atoms with Crippen molar-refractivity contribution >= 4 is 17.5 Å². The molecule has 2 heterocycles. The van der Waals surface area contributed by atoms with E-state index in [1.165, 1.54) is 0 Å². The molecule has 22 heavy (non-hydrogen) atoms. The highest BCUT2D eigenvalue weighted by atomic mass is 35.5. The second-order valence-corrected chi connectivity index (χ2v) is 5.79. The topological polar surface area (TPSA) is 96.0 Å². The third kappa shape index (κ3) is 4.42. The van der Waals surface area contributed by atoms with Gasteiger partial charge in [0.05, 0.1) is 19.3 Å². The zero-order valence-electron chi connectivity index (χ0n) is 12.4. The van der Waals surface area contributed by atoms with E-state index >= 15 is 0 Å². The van der Waals surface area contributed by atoms with Crippen molar-refractivity contribution in [3.05, 3.63) is 17.0 Å². The summed E-state index contributed by atoms with van der Waals surface area (Å²) in [5, 5.41) is 23.4. The Morgan fingerprint density at radius 3 is 2.91 bits per heavy atom. The molecule has 0 saturated carbocycles. The first-order valence-electron chi connectivity index (χ1n) is 7.34. The van der Waals surface area contributed by atoms with Crippen molar-refractivity contribution in [2.24, 2.45) is 5.92 Å². The number of nitrogens with zero attached hydrogens (tertiary/aromatic N) is 2. The second-order valence-electron chi connectivity index (χ2n) is 5.40. The number of hydrogen-bond acceptors (Lipinski definition) is 6. The van der Waals surface area contributed by atoms with Gasteiger partial charge in [0.25, 0.3) is 0 Å². The second kappa shape index (κ2) is 7.92. The molecule has 0 spiro atoms. The quantitative estimate of drug-likeness (QED) is 0.786. The van der Waals surface area contributed by atoms with Crippen molar-refractivity contribution in [2.45, 2.75) is 32.0 Å². The lowest BCUT2D eigenvalue weighted by molar-refractivity contribution is -0.141. The molecule has 0 bridgehead atoms. The molecule has 8 heteroatoms. The number of aliphatic hydroxyl groups excluding tert-OH is 2. The maximum absolute atomic E-state index is 12.3. The maximum atomic E-state index is 12.3. The van der Waals surface area contributed by atoms with Crippen molar-refractivity contribution in [1.29, 1.82) is 0 Å². The number of halogens is 1. The lowest BCUT2D eigenvalue weighted by atomic mass is 9.96. The number of hydrogen-bond donors (Lipinski definition) is 2. The van der Waals surface area contributed by atoms with Gasteiger partial charge in [-0.2, -0.15) is 0 Å². The van der Waals surface area contributed by atoms with Crippen LogP contribution >= 0.6 is 11.6 Å². The molecule has 3 atom stereocenters. The summed E-state index contributed by atoms with van der Waals surface area (Å²) in [5.74, 6) is 0.223. The first kappa shape index (κ1) is 17.2. The lowest BCUT2D eigenvalue weighted by Crippen LogP contribution is -2.49. The molecule has 1 aromatic rings. The number of amides is 1. The Labute approximate surface area is 133 Å². The van der Waals surface area contributed by atoms with Crippen LogP contribution in [-0.4, -0.2) is 64.7 Å². The standard InChI is InChI=1S/C14H21ClN2O5/c1-2-17(6-9-7-21-8-11(18)14(9)20)13(19)4-3-10-5-12(15)16-22-10/h5,9,11,14,18,20H,2-4,6-8H2,1H3/t9-,11-,14+/m1/s1. The van der Waals surface area contributed by atoms with Crippen LogP contribution in [0.5, 0.6) is 0 Å². The first-order valence-corrected chi connectivity index (χ1v) is 7.71. The highest BCUT2D eigenvalue weighted by Gasteiger charge is 2.33. The fourth-order valence-electron chi connectivity index (χ4n) is 2.50. The Bertz CT molecular complexity index is 495. The van der Waals surface area contributed by atoms with E-state index < -0.39 is 12.2 Å². The monoisotopic (exact) mass is 332 g/mol. The molecule has 0 aliphatic carbocycles. The number of aliphatic hydroxyl groups is 2. The van der Waals surface area contributed by atoms with Gasteiger partial charge in [0.15, 0.2) is 5.15 Å². The number of rotatable bonds is 6. The predicted molar refractivity (Wildman–Crippen MR) is 78.4 cm³/mol. The summed E-state index contributed by atoms with van der Waals surface area (Å²) in [6.07, 6.45) is -1.08. The molecule has 0 radical (unpaired) electrons. The summed E-state index contributed by atoms with van der Waals surface area (Å²) in [7, 11) is 0. The average Bonchev–Trinajstić information content (AvgIpc) is 2.92. The molecule has 1 amide bonds. The van der Waals surface area contributed by atoms with Gasteiger partial charge in [0, 0.05) is 37.9 Å². The third-order valence-corrected chi connectivity index (χ3v) is 3.98. The molecule has 1 aliphatic rings. The van der Waals surface area contributed by atoms with Crippen LogP contribution in [0.1, 0.15) is 19.1 Å². The molecule has 1 saturated heterocycles. The number of ether oxygens (including phenoxy) is 1. The van der Waals surface area contributed by atoms with Gasteiger partial charge < -0.3 is 24.4 Å². The molecule has 124 valence electrons. The molecular formula is C14H21ClN2O5. The highest BCUT2D eigenvalue weighted by molar-refractivity contribution is 6.29. The minimum Gasteiger partial charge on any atom is -0.390 e. The zero-order valence-corrected chi connectivity index (χ0v) is 13.2. The van der Waals surface area contributed by atoms with Gasteiger partial charge >= 0.3 is 0 Å². The molecule has 7 nitrogen and oxygen atoms in total.